The minimum Gasteiger partial charge on any atom is -0.387 e. The van der Waals surface area contributed by atoms with Crippen molar-refractivity contribution in [1.29, 1.82) is 0 Å². The van der Waals surface area contributed by atoms with E-state index in [9.17, 15) is 14.3 Å². The summed E-state index contributed by atoms with van der Waals surface area (Å²) in [5, 5.41) is 12.4. The molecule has 3 aromatic heterocycles. The molecular weight excluding hydrogens is 353 g/mol. The Labute approximate surface area is 154 Å². The van der Waals surface area contributed by atoms with Crippen LogP contribution in [0.1, 0.15) is 39.9 Å². The molecule has 0 radical (unpaired) electrons. The van der Waals surface area contributed by atoms with Crippen molar-refractivity contribution in [3.63, 3.8) is 0 Å². The molecule has 0 saturated carbocycles. The molecule has 136 valence electrons. The number of aryl methyl sites for hydroxylation is 1. The largest absolute Gasteiger partial charge is 0.387 e. The van der Waals surface area contributed by atoms with Crippen LogP contribution in [0, 0.1) is 18.8 Å². The predicted molar refractivity (Wildman–Crippen MR) is 97.8 cm³/mol. The fourth-order valence-corrected chi connectivity index (χ4v) is 4.32. The van der Waals surface area contributed by atoms with Gasteiger partial charge in [-0.15, -0.1) is 11.3 Å². The fourth-order valence-electron chi connectivity index (χ4n) is 3.51. The van der Waals surface area contributed by atoms with Gasteiger partial charge < -0.3 is 10.0 Å². The van der Waals surface area contributed by atoms with Crippen molar-refractivity contribution >= 4 is 22.9 Å². The lowest BCUT2D eigenvalue weighted by Crippen LogP contribution is -2.40. The molecular formula is C19H20FN3O2S. The first-order valence-corrected chi connectivity index (χ1v) is 9.57. The molecule has 1 unspecified atom stereocenters. The lowest BCUT2D eigenvalue weighted by molar-refractivity contribution is 0.0467. The van der Waals surface area contributed by atoms with E-state index in [1.54, 1.807) is 34.6 Å². The van der Waals surface area contributed by atoms with E-state index in [0.717, 1.165) is 10.4 Å². The molecule has 1 aliphatic rings. The zero-order valence-corrected chi connectivity index (χ0v) is 15.2. The second kappa shape index (κ2) is 6.81. The number of halogens is 1. The molecule has 1 amide bonds. The van der Waals surface area contributed by atoms with E-state index in [1.165, 1.54) is 4.40 Å². The van der Waals surface area contributed by atoms with Gasteiger partial charge in [-0.25, -0.2) is 4.98 Å². The second-order valence-corrected chi connectivity index (χ2v) is 7.75. The Kier molecular flexibility index (Phi) is 4.50. The van der Waals surface area contributed by atoms with Crippen LogP contribution in [0.3, 0.4) is 0 Å². The van der Waals surface area contributed by atoms with Crippen LogP contribution in [0.4, 0.5) is 4.39 Å². The van der Waals surface area contributed by atoms with Crippen molar-refractivity contribution < 1.29 is 14.3 Å². The Morgan fingerprint density at radius 1 is 1.38 bits per heavy atom. The quantitative estimate of drug-likeness (QED) is 0.765. The highest BCUT2D eigenvalue weighted by atomic mass is 32.1. The molecule has 5 nitrogen and oxygen atoms in total. The number of piperidine rings is 1. The highest BCUT2D eigenvalue weighted by Crippen LogP contribution is 2.33. The average Bonchev–Trinajstić information content (AvgIpc) is 3.29. The third-order valence-corrected chi connectivity index (χ3v) is 5.98. The summed E-state index contributed by atoms with van der Waals surface area (Å²) in [5.41, 5.74) is 1.27. The zero-order valence-electron chi connectivity index (χ0n) is 14.4. The summed E-state index contributed by atoms with van der Waals surface area (Å²) in [6.45, 7) is 2.90. The summed E-state index contributed by atoms with van der Waals surface area (Å²) in [4.78, 5) is 19.5. The molecule has 0 bridgehead atoms. The lowest BCUT2D eigenvalue weighted by atomic mass is 9.90. The van der Waals surface area contributed by atoms with E-state index in [-0.39, 0.29) is 17.5 Å². The Balaban J connectivity index is 1.48. The molecule has 1 saturated heterocycles. The molecule has 1 N–H and O–H groups in total. The zero-order chi connectivity index (χ0) is 18.3. The van der Waals surface area contributed by atoms with Gasteiger partial charge in [-0.1, -0.05) is 6.07 Å². The molecule has 4 heterocycles. The van der Waals surface area contributed by atoms with Gasteiger partial charge in [0.2, 0.25) is 5.95 Å². The number of aromatic nitrogens is 2. The maximum Gasteiger partial charge on any atom is 0.277 e. The Bertz CT molecular complexity index is 930. The molecule has 3 aromatic rings. The minimum absolute atomic E-state index is 0.117. The normalized spacial score (nSPS) is 17.0. The van der Waals surface area contributed by atoms with Crippen LogP contribution < -0.4 is 0 Å². The van der Waals surface area contributed by atoms with Crippen LogP contribution in [0.5, 0.6) is 0 Å². The fraction of sp³-hybridized carbons (Fsp3) is 0.368. The summed E-state index contributed by atoms with van der Waals surface area (Å²) in [6.07, 6.45) is 2.48. The van der Waals surface area contributed by atoms with Gasteiger partial charge in [0.25, 0.3) is 5.91 Å². The summed E-state index contributed by atoms with van der Waals surface area (Å²) in [7, 11) is 0. The highest BCUT2D eigenvalue weighted by molar-refractivity contribution is 7.10. The van der Waals surface area contributed by atoms with Crippen LogP contribution in [-0.2, 0) is 0 Å². The number of carbonyl (C=O) groups excluding carboxylic acids is 1. The third-order valence-electron chi connectivity index (χ3n) is 5.03. The van der Waals surface area contributed by atoms with E-state index in [4.69, 9.17) is 0 Å². The van der Waals surface area contributed by atoms with Crippen molar-refractivity contribution in [2.24, 2.45) is 5.92 Å². The number of thiophene rings is 1. The van der Waals surface area contributed by atoms with E-state index in [2.05, 4.69) is 4.98 Å². The standard InChI is InChI=1S/C19H20FN3O2S/c1-12-4-9-23-15(11-12)21-16(18(23)20)19(25)22-7-5-13(6-8-22)17(24)14-3-2-10-26-14/h2-4,9-11,13,17,24H,5-8H2,1H3. The number of rotatable bonds is 3. The minimum atomic E-state index is -0.620. The van der Waals surface area contributed by atoms with Gasteiger partial charge in [-0.05, 0) is 54.8 Å². The molecule has 4 rings (SSSR count). The van der Waals surface area contributed by atoms with Crippen LogP contribution in [0.2, 0.25) is 0 Å². The predicted octanol–water partition coefficient (Wildman–Crippen LogP) is 3.43. The van der Waals surface area contributed by atoms with E-state index in [1.807, 2.05) is 24.4 Å². The number of amides is 1. The molecule has 26 heavy (non-hydrogen) atoms. The number of nitrogens with zero attached hydrogens (tertiary/aromatic N) is 3. The summed E-state index contributed by atoms with van der Waals surface area (Å²) in [6, 6.07) is 7.39. The van der Waals surface area contributed by atoms with Crippen LogP contribution in [0.15, 0.2) is 35.8 Å². The Morgan fingerprint density at radius 3 is 2.85 bits per heavy atom. The monoisotopic (exact) mass is 373 g/mol. The van der Waals surface area contributed by atoms with E-state index >= 15 is 0 Å². The number of aliphatic hydroxyl groups excluding tert-OH is 1. The summed E-state index contributed by atoms with van der Waals surface area (Å²) in [5.74, 6) is -0.884. The highest BCUT2D eigenvalue weighted by Gasteiger charge is 2.31. The number of likely N-dealkylation sites (tertiary alicyclic amines) is 1. The second-order valence-electron chi connectivity index (χ2n) is 6.77. The van der Waals surface area contributed by atoms with Gasteiger partial charge in [0, 0.05) is 24.2 Å². The Hall–Kier alpha value is -2.25. The molecule has 0 aromatic carbocycles. The van der Waals surface area contributed by atoms with E-state index < -0.39 is 12.1 Å². The van der Waals surface area contributed by atoms with Crippen LogP contribution in [0.25, 0.3) is 5.65 Å². The number of aliphatic hydroxyl groups is 1. The number of imidazole rings is 1. The maximum absolute atomic E-state index is 14.6. The van der Waals surface area contributed by atoms with Gasteiger partial charge >= 0.3 is 0 Å². The first-order valence-electron chi connectivity index (χ1n) is 8.69. The smallest absolute Gasteiger partial charge is 0.277 e. The first kappa shape index (κ1) is 17.2. The first-order chi connectivity index (χ1) is 12.5. The molecule has 1 atom stereocenters. The topological polar surface area (TPSA) is 57.8 Å². The van der Waals surface area contributed by atoms with Gasteiger partial charge in [0.1, 0.15) is 5.65 Å². The lowest BCUT2D eigenvalue weighted by Gasteiger charge is -2.33. The van der Waals surface area contributed by atoms with Crippen LogP contribution in [-0.4, -0.2) is 38.4 Å². The molecule has 7 heteroatoms. The Morgan fingerprint density at radius 2 is 2.15 bits per heavy atom. The van der Waals surface area contributed by atoms with Gasteiger partial charge in [0.05, 0.1) is 6.10 Å². The van der Waals surface area contributed by atoms with Crippen LogP contribution >= 0.6 is 11.3 Å². The van der Waals surface area contributed by atoms with Gasteiger partial charge in [-0.2, -0.15) is 4.39 Å². The maximum atomic E-state index is 14.6. The SMILES string of the molecule is Cc1ccn2c(F)c(C(=O)N3CCC(C(O)c4cccs4)CC3)nc2c1. The number of hydrogen-bond acceptors (Lipinski definition) is 4. The van der Waals surface area contributed by atoms with Crippen molar-refractivity contribution in [2.75, 3.05) is 13.1 Å². The summed E-state index contributed by atoms with van der Waals surface area (Å²) < 4.78 is 15.9. The van der Waals surface area contributed by atoms with Gasteiger partial charge in [-0.3, -0.25) is 9.20 Å². The van der Waals surface area contributed by atoms with Crippen molar-refractivity contribution in [1.82, 2.24) is 14.3 Å². The molecule has 0 aliphatic carbocycles. The van der Waals surface area contributed by atoms with Crippen molar-refractivity contribution in [3.8, 4) is 0 Å². The molecule has 0 spiro atoms. The number of carbonyl (C=O) groups is 1. The third kappa shape index (κ3) is 3.01. The average molecular weight is 373 g/mol. The van der Waals surface area contributed by atoms with E-state index in [0.29, 0.717) is 31.6 Å². The number of fused-ring (bicyclic) bond motifs is 1. The van der Waals surface area contributed by atoms with Gasteiger partial charge in [0.15, 0.2) is 5.69 Å². The molecule has 1 aliphatic heterocycles. The molecule has 1 fully saturated rings. The number of pyridine rings is 1. The van der Waals surface area contributed by atoms with Crippen molar-refractivity contribution in [2.45, 2.75) is 25.9 Å². The number of hydrogen-bond donors (Lipinski definition) is 1. The summed E-state index contributed by atoms with van der Waals surface area (Å²) >= 11 is 1.54. The van der Waals surface area contributed by atoms with Crippen molar-refractivity contribution in [3.05, 3.63) is 57.9 Å².